The lowest BCUT2D eigenvalue weighted by Crippen LogP contribution is -2.29. The summed E-state index contributed by atoms with van der Waals surface area (Å²) in [5, 5.41) is 12.1. The highest BCUT2D eigenvalue weighted by Gasteiger charge is 2.23. The lowest BCUT2D eigenvalue weighted by atomic mass is 10.0. The number of carbonyl (C=O) groups excluding carboxylic acids is 2. The van der Waals surface area contributed by atoms with Gasteiger partial charge in [0.25, 0.3) is 0 Å². The predicted molar refractivity (Wildman–Crippen MR) is 115 cm³/mol. The van der Waals surface area contributed by atoms with Gasteiger partial charge in [0, 0.05) is 25.8 Å². The van der Waals surface area contributed by atoms with Crippen molar-refractivity contribution in [2.45, 2.75) is 31.8 Å². The molecule has 4 rings (SSSR count). The van der Waals surface area contributed by atoms with E-state index in [1.807, 2.05) is 18.2 Å². The number of anilines is 1. The molecule has 2 aliphatic heterocycles. The van der Waals surface area contributed by atoms with E-state index in [1.54, 1.807) is 25.3 Å². The van der Waals surface area contributed by atoms with E-state index in [0.29, 0.717) is 16.6 Å². The molecule has 1 saturated heterocycles. The quantitative estimate of drug-likeness (QED) is 0.700. The van der Waals surface area contributed by atoms with Crippen LogP contribution in [0.4, 0.5) is 5.13 Å². The van der Waals surface area contributed by atoms with Gasteiger partial charge in [0.05, 0.1) is 20.6 Å². The summed E-state index contributed by atoms with van der Waals surface area (Å²) in [6.45, 7) is 0.994. The number of methoxy groups -OCH3 is 2. The van der Waals surface area contributed by atoms with Gasteiger partial charge in [0.1, 0.15) is 11.1 Å². The van der Waals surface area contributed by atoms with Crippen LogP contribution in [-0.2, 0) is 20.7 Å². The molecule has 0 bridgehead atoms. The molecule has 2 amide bonds. The van der Waals surface area contributed by atoms with Crippen LogP contribution in [0.25, 0.3) is 6.08 Å². The maximum Gasteiger partial charge on any atom is 0.230 e. The van der Waals surface area contributed by atoms with Gasteiger partial charge in [-0.3, -0.25) is 9.59 Å². The van der Waals surface area contributed by atoms with Crippen molar-refractivity contribution in [1.82, 2.24) is 15.1 Å². The predicted octanol–water partition coefficient (Wildman–Crippen LogP) is 2.79. The van der Waals surface area contributed by atoms with E-state index in [1.165, 1.54) is 11.3 Å². The molecule has 0 spiro atoms. The molecule has 0 aliphatic carbocycles. The topological polar surface area (TPSA) is 103 Å². The number of fused-ring (bicyclic) bond motifs is 1. The van der Waals surface area contributed by atoms with Gasteiger partial charge < -0.3 is 24.4 Å². The maximum absolute atomic E-state index is 12.7. The third-order valence-corrected chi connectivity index (χ3v) is 6.14. The summed E-state index contributed by atoms with van der Waals surface area (Å²) in [6.07, 6.45) is 5.81. The van der Waals surface area contributed by atoms with Crippen molar-refractivity contribution in [3.05, 3.63) is 34.5 Å². The zero-order valence-corrected chi connectivity index (χ0v) is 18.2. The lowest BCUT2D eigenvalue weighted by Gasteiger charge is -2.16. The van der Waals surface area contributed by atoms with Gasteiger partial charge >= 0.3 is 0 Å². The molecule has 0 radical (unpaired) electrons. The molecule has 2 aliphatic rings. The number of rotatable bonds is 7. The first kappa shape index (κ1) is 21.3. The highest BCUT2D eigenvalue weighted by molar-refractivity contribution is 7.15. The summed E-state index contributed by atoms with van der Waals surface area (Å²) in [5.74, 6) is 0.869. The van der Waals surface area contributed by atoms with Gasteiger partial charge in [-0.2, -0.15) is 0 Å². The Kier molecular flexibility index (Phi) is 6.47. The van der Waals surface area contributed by atoms with Crippen LogP contribution < -0.4 is 14.8 Å². The fourth-order valence-electron chi connectivity index (χ4n) is 3.55. The number of aromatic nitrogens is 2. The molecule has 31 heavy (non-hydrogen) atoms. The van der Waals surface area contributed by atoms with E-state index in [-0.39, 0.29) is 37.3 Å². The van der Waals surface area contributed by atoms with Crippen LogP contribution in [0.3, 0.4) is 0 Å². The highest BCUT2D eigenvalue weighted by Crippen LogP contribution is 2.33. The molecular formula is C21H24N4O5S. The van der Waals surface area contributed by atoms with Crippen LogP contribution in [-0.4, -0.2) is 54.3 Å². The normalized spacial score (nSPS) is 17.9. The molecule has 10 heteroatoms. The first-order valence-electron chi connectivity index (χ1n) is 10.0. The number of hydrogen-bond donors (Lipinski definition) is 1. The molecule has 1 unspecified atom stereocenters. The van der Waals surface area contributed by atoms with Crippen molar-refractivity contribution in [1.29, 1.82) is 0 Å². The zero-order valence-electron chi connectivity index (χ0n) is 17.4. The Balaban J connectivity index is 1.35. The standard InChI is InChI=1S/C21H24N4O5S/c1-28-16-10-13-5-7-25(19(27)12-14(13)11-17(16)29-2)8-6-18(26)22-21-24-23-20(31-21)15-4-3-9-30-15/h5,7,10-11,15H,3-4,6,8-9,12H2,1-2H3,(H,22,24,26). The number of nitrogens with zero attached hydrogens (tertiary/aromatic N) is 3. The van der Waals surface area contributed by atoms with E-state index in [2.05, 4.69) is 15.5 Å². The van der Waals surface area contributed by atoms with Crippen LogP contribution in [0.15, 0.2) is 18.3 Å². The largest absolute Gasteiger partial charge is 0.493 e. The smallest absolute Gasteiger partial charge is 0.230 e. The van der Waals surface area contributed by atoms with E-state index in [9.17, 15) is 9.59 Å². The maximum atomic E-state index is 12.7. The average Bonchev–Trinajstić information content (AvgIpc) is 3.43. The number of carbonyl (C=O) groups is 2. The fraction of sp³-hybridized carbons (Fsp3) is 0.429. The molecule has 1 atom stereocenters. The Morgan fingerprint density at radius 1 is 1.29 bits per heavy atom. The Labute approximate surface area is 184 Å². The van der Waals surface area contributed by atoms with Crippen LogP contribution in [0.1, 0.15) is 41.5 Å². The molecule has 2 aromatic rings. The number of benzene rings is 1. The monoisotopic (exact) mass is 444 g/mol. The average molecular weight is 445 g/mol. The van der Waals surface area contributed by atoms with E-state index >= 15 is 0 Å². The van der Waals surface area contributed by atoms with Crippen LogP contribution in [0, 0.1) is 0 Å². The van der Waals surface area contributed by atoms with Gasteiger partial charge in [0.2, 0.25) is 16.9 Å². The summed E-state index contributed by atoms with van der Waals surface area (Å²) < 4.78 is 16.3. The van der Waals surface area contributed by atoms with Crippen molar-refractivity contribution in [2.24, 2.45) is 0 Å². The van der Waals surface area contributed by atoms with Gasteiger partial charge in [-0.15, -0.1) is 10.2 Å². The fourth-order valence-corrected chi connectivity index (χ4v) is 4.40. The summed E-state index contributed by atoms with van der Waals surface area (Å²) in [6, 6.07) is 3.66. The third-order valence-electron chi connectivity index (χ3n) is 5.21. The lowest BCUT2D eigenvalue weighted by molar-refractivity contribution is -0.128. The molecule has 9 nitrogen and oxygen atoms in total. The molecule has 164 valence electrons. The van der Waals surface area contributed by atoms with Crippen LogP contribution in [0.2, 0.25) is 0 Å². The summed E-state index contributed by atoms with van der Waals surface area (Å²) in [5.41, 5.74) is 1.73. The minimum atomic E-state index is -0.221. The molecular weight excluding hydrogens is 420 g/mol. The highest BCUT2D eigenvalue weighted by atomic mass is 32.1. The minimum Gasteiger partial charge on any atom is -0.493 e. The Morgan fingerprint density at radius 2 is 2.10 bits per heavy atom. The molecule has 1 aromatic heterocycles. The second-order valence-corrected chi connectivity index (χ2v) is 8.24. The Hall–Kier alpha value is -2.98. The summed E-state index contributed by atoms with van der Waals surface area (Å²) >= 11 is 1.32. The Morgan fingerprint density at radius 3 is 2.84 bits per heavy atom. The molecule has 0 saturated carbocycles. The van der Waals surface area contributed by atoms with Crippen molar-refractivity contribution in [2.75, 3.05) is 32.7 Å². The first-order chi connectivity index (χ1) is 15.1. The van der Waals surface area contributed by atoms with Crippen molar-refractivity contribution >= 4 is 34.4 Å². The van der Waals surface area contributed by atoms with Gasteiger partial charge in [0.15, 0.2) is 11.5 Å². The number of nitrogens with one attached hydrogen (secondary N) is 1. The second-order valence-electron chi connectivity index (χ2n) is 7.23. The molecule has 1 fully saturated rings. The van der Waals surface area contributed by atoms with E-state index < -0.39 is 0 Å². The first-order valence-corrected chi connectivity index (χ1v) is 10.9. The zero-order chi connectivity index (χ0) is 21.8. The van der Waals surface area contributed by atoms with E-state index in [4.69, 9.17) is 14.2 Å². The second kappa shape index (κ2) is 9.44. The third kappa shape index (κ3) is 4.86. The van der Waals surface area contributed by atoms with Crippen LogP contribution >= 0.6 is 11.3 Å². The van der Waals surface area contributed by atoms with Crippen LogP contribution in [0.5, 0.6) is 11.5 Å². The molecule has 3 heterocycles. The van der Waals surface area contributed by atoms with Crippen molar-refractivity contribution in [3.63, 3.8) is 0 Å². The summed E-state index contributed by atoms with van der Waals surface area (Å²) in [4.78, 5) is 26.6. The minimum absolute atomic E-state index is 0.0260. The Bertz CT molecular complexity index is 1000. The van der Waals surface area contributed by atoms with Gasteiger partial charge in [-0.1, -0.05) is 11.3 Å². The number of hydrogen-bond acceptors (Lipinski definition) is 8. The summed E-state index contributed by atoms with van der Waals surface area (Å²) in [7, 11) is 3.13. The number of amides is 2. The van der Waals surface area contributed by atoms with Crippen molar-refractivity contribution in [3.8, 4) is 11.5 Å². The molecule has 1 aromatic carbocycles. The molecule has 1 N–H and O–H groups in total. The number of ether oxygens (including phenoxy) is 3. The van der Waals surface area contributed by atoms with E-state index in [0.717, 1.165) is 35.6 Å². The SMILES string of the molecule is COc1cc2c(cc1OC)CC(=O)N(CCC(=O)Nc1nnc(C3CCCO3)s1)C=C2. The van der Waals surface area contributed by atoms with Gasteiger partial charge in [-0.05, 0) is 42.2 Å². The van der Waals surface area contributed by atoms with Crippen molar-refractivity contribution < 1.29 is 23.8 Å². The van der Waals surface area contributed by atoms with Gasteiger partial charge in [-0.25, -0.2) is 0 Å².